The van der Waals surface area contributed by atoms with Crippen LogP contribution in [0.25, 0.3) is 0 Å². The van der Waals surface area contributed by atoms with Crippen LogP contribution in [0.4, 0.5) is 0 Å². The van der Waals surface area contributed by atoms with Crippen LogP contribution in [0.15, 0.2) is 29.2 Å². The predicted octanol–water partition coefficient (Wildman–Crippen LogP) is 1.77. The molecule has 2 N–H and O–H groups in total. The maximum atomic E-state index is 12.5. The second-order valence-electron chi connectivity index (χ2n) is 7.45. The number of carbonyl (C=O) groups excluding carboxylic acids is 2. The van der Waals surface area contributed by atoms with E-state index < -0.39 is 10.0 Å². The summed E-state index contributed by atoms with van der Waals surface area (Å²) in [5.74, 6) is 0.304. The van der Waals surface area contributed by atoms with Crippen LogP contribution in [-0.2, 0) is 19.6 Å². The van der Waals surface area contributed by atoms with Crippen LogP contribution >= 0.6 is 11.6 Å². The monoisotopic (exact) mass is 427 g/mol. The van der Waals surface area contributed by atoms with E-state index in [2.05, 4.69) is 10.0 Å². The topological polar surface area (TPSA) is 95.6 Å². The van der Waals surface area contributed by atoms with Crippen molar-refractivity contribution in [2.75, 3.05) is 26.2 Å². The van der Waals surface area contributed by atoms with Gasteiger partial charge >= 0.3 is 0 Å². The van der Waals surface area contributed by atoms with E-state index in [1.165, 1.54) is 25.0 Å². The highest BCUT2D eigenvalue weighted by atomic mass is 35.5. The number of halogens is 1. The first kappa shape index (κ1) is 21.1. The van der Waals surface area contributed by atoms with Gasteiger partial charge in [0, 0.05) is 32.6 Å². The van der Waals surface area contributed by atoms with E-state index in [4.69, 9.17) is 11.6 Å². The molecule has 0 aromatic heterocycles. The first-order valence-corrected chi connectivity index (χ1v) is 11.5. The van der Waals surface area contributed by atoms with Gasteiger partial charge in [0.15, 0.2) is 0 Å². The molecule has 1 aromatic rings. The fraction of sp³-hybridized carbons (Fsp3) is 0.579. The van der Waals surface area contributed by atoms with Crippen molar-refractivity contribution in [3.05, 3.63) is 29.3 Å². The zero-order valence-corrected chi connectivity index (χ0v) is 17.3. The standard InChI is InChI=1S/C19H26ClN3O4S/c20-16-5-1-2-6-17(16)28(26,27)22-10-9-18(24)23-11-3-4-15(13-23)19(25)21-12-14-7-8-14/h1-2,5-6,14-15,22H,3-4,7-13H2,(H,21,25). The molecule has 1 atom stereocenters. The second kappa shape index (κ2) is 9.24. The van der Waals surface area contributed by atoms with Gasteiger partial charge in [-0.05, 0) is 43.7 Å². The normalized spacial score (nSPS) is 20.0. The number of likely N-dealkylation sites (tertiary alicyclic amines) is 1. The van der Waals surface area contributed by atoms with Gasteiger partial charge in [-0.2, -0.15) is 0 Å². The molecule has 1 aliphatic heterocycles. The lowest BCUT2D eigenvalue weighted by molar-refractivity contribution is -0.135. The van der Waals surface area contributed by atoms with Crippen LogP contribution in [0.2, 0.25) is 5.02 Å². The van der Waals surface area contributed by atoms with Gasteiger partial charge in [-0.3, -0.25) is 9.59 Å². The molecule has 1 aliphatic carbocycles. The summed E-state index contributed by atoms with van der Waals surface area (Å²) in [7, 11) is -3.77. The Bertz CT molecular complexity index is 826. The average Bonchev–Trinajstić information content (AvgIpc) is 3.50. The van der Waals surface area contributed by atoms with Crippen LogP contribution in [0.5, 0.6) is 0 Å². The molecule has 1 saturated carbocycles. The maximum Gasteiger partial charge on any atom is 0.242 e. The summed E-state index contributed by atoms with van der Waals surface area (Å²) in [4.78, 5) is 26.4. The number of amides is 2. The molecule has 154 valence electrons. The van der Waals surface area contributed by atoms with E-state index in [1.807, 2.05) is 0 Å². The van der Waals surface area contributed by atoms with Gasteiger partial charge in [0.05, 0.1) is 10.9 Å². The van der Waals surface area contributed by atoms with Crippen LogP contribution in [0, 0.1) is 11.8 Å². The van der Waals surface area contributed by atoms with Crippen molar-refractivity contribution >= 4 is 33.4 Å². The molecule has 1 saturated heterocycles. The van der Waals surface area contributed by atoms with Gasteiger partial charge in [-0.1, -0.05) is 23.7 Å². The minimum absolute atomic E-state index is 0.00511. The van der Waals surface area contributed by atoms with Gasteiger partial charge in [0.25, 0.3) is 0 Å². The van der Waals surface area contributed by atoms with Crippen molar-refractivity contribution in [2.45, 2.75) is 37.0 Å². The molecule has 2 aliphatic rings. The third-order valence-electron chi connectivity index (χ3n) is 5.16. The molecule has 7 nitrogen and oxygen atoms in total. The van der Waals surface area contributed by atoms with Crippen molar-refractivity contribution in [1.29, 1.82) is 0 Å². The van der Waals surface area contributed by atoms with E-state index in [9.17, 15) is 18.0 Å². The molecule has 2 fully saturated rings. The number of carbonyl (C=O) groups is 2. The molecular formula is C19H26ClN3O4S. The summed E-state index contributed by atoms with van der Waals surface area (Å²) in [6.45, 7) is 1.71. The van der Waals surface area contributed by atoms with Crippen molar-refractivity contribution in [3.8, 4) is 0 Å². The van der Waals surface area contributed by atoms with Gasteiger partial charge < -0.3 is 10.2 Å². The predicted molar refractivity (Wildman–Crippen MR) is 106 cm³/mol. The number of sulfonamides is 1. The van der Waals surface area contributed by atoms with Crippen molar-refractivity contribution in [1.82, 2.24) is 14.9 Å². The van der Waals surface area contributed by atoms with Crippen LogP contribution in [-0.4, -0.2) is 51.3 Å². The molecular weight excluding hydrogens is 402 g/mol. The Morgan fingerprint density at radius 2 is 1.93 bits per heavy atom. The fourth-order valence-electron chi connectivity index (χ4n) is 3.32. The summed E-state index contributed by atoms with van der Waals surface area (Å²) >= 11 is 5.93. The lowest BCUT2D eigenvalue weighted by atomic mass is 9.97. The summed E-state index contributed by atoms with van der Waals surface area (Å²) < 4.78 is 27.0. The number of piperidine rings is 1. The molecule has 9 heteroatoms. The number of hydrogen-bond acceptors (Lipinski definition) is 4. The Labute approximate surface area is 170 Å². The highest BCUT2D eigenvalue weighted by Crippen LogP contribution is 2.28. The van der Waals surface area contributed by atoms with Crippen LogP contribution in [0.1, 0.15) is 32.1 Å². The number of rotatable bonds is 8. The molecule has 2 amide bonds. The maximum absolute atomic E-state index is 12.5. The largest absolute Gasteiger partial charge is 0.356 e. The van der Waals surface area contributed by atoms with Gasteiger partial charge in [-0.15, -0.1) is 0 Å². The SMILES string of the molecule is O=C(NCC1CC1)C1CCCN(C(=O)CCNS(=O)(=O)c2ccccc2Cl)C1. The quantitative estimate of drug-likeness (QED) is 0.660. The number of nitrogens with one attached hydrogen (secondary N) is 2. The zero-order valence-electron chi connectivity index (χ0n) is 15.7. The molecule has 28 heavy (non-hydrogen) atoms. The van der Waals surface area contributed by atoms with Crippen LogP contribution in [0.3, 0.4) is 0 Å². The van der Waals surface area contributed by atoms with E-state index in [0.717, 1.165) is 19.4 Å². The van der Waals surface area contributed by atoms with Crippen LogP contribution < -0.4 is 10.0 Å². The smallest absolute Gasteiger partial charge is 0.242 e. The zero-order chi connectivity index (χ0) is 20.1. The van der Waals surface area contributed by atoms with Crippen molar-refractivity contribution < 1.29 is 18.0 Å². The Balaban J connectivity index is 1.46. The number of nitrogens with zero attached hydrogens (tertiary/aromatic N) is 1. The number of hydrogen-bond donors (Lipinski definition) is 2. The summed E-state index contributed by atoms with van der Waals surface area (Å²) in [6.07, 6.45) is 3.96. The Kier molecular flexibility index (Phi) is 6.95. The van der Waals surface area contributed by atoms with E-state index in [-0.39, 0.29) is 40.6 Å². The fourth-order valence-corrected chi connectivity index (χ4v) is 4.87. The third-order valence-corrected chi connectivity index (χ3v) is 7.12. The lowest BCUT2D eigenvalue weighted by Gasteiger charge is -2.32. The first-order valence-electron chi connectivity index (χ1n) is 9.66. The van der Waals surface area contributed by atoms with E-state index >= 15 is 0 Å². The van der Waals surface area contributed by atoms with Crippen molar-refractivity contribution in [3.63, 3.8) is 0 Å². The molecule has 0 radical (unpaired) electrons. The minimum Gasteiger partial charge on any atom is -0.356 e. The van der Waals surface area contributed by atoms with Gasteiger partial charge in [0.1, 0.15) is 4.90 Å². The average molecular weight is 428 g/mol. The molecule has 3 rings (SSSR count). The second-order valence-corrected chi connectivity index (χ2v) is 9.59. The lowest BCUT2D eigenvalue weighted by Crippen LogP contribution is -2.46. The number of benzene rings is 1. The Morgan fingerprint density at radius 1 is 1.18 bits per heavy atom. The first-order chi connectivity index (χ1) is 13.4. The molecule has 0 bridgehead atoms. The van der Waals surface area contributed by atoms with Gasteiger partial charge in [-0.25, -0.2) is 13.1 Å². The molecule has 1 aromatic carbocycles. The summed E-state index contributed by atoms with van der Waals surface area (Å²) in [5.41, 5.74) is 0. The highest BCUT2D eigenvalue weighted by molar-refractivity contribution is 7.89. The molecule has 0 spiro atoms. The minimum atomic E-state index is -3.77. The Morgan fingerprint density at radius 3 is 2.64 bits per heavy atom. The highest BCUT2D eigenvalue weighted by Gasteiger charge is 2.30. The van der Waals surface area contributed by atoms with Gasteiger partial charge in [0.2, 0.25) is 21.8 Å². The summed E-state index contributed by atoms with van der Waals surface area (Å²) in [5, 5.41) is 3.12. The Hall–Kier alpha value is -1.64. The molecule has 1 heterocycles. The molecule has 1 unspecified atom stereocenters. The van der Waals surface area contributed by atoms with E-state index in [0.29, 0.717) is 19.0 Å². The third kappa shape index (κ3) is 5.68. The van der Waals surface area contributed by atoms with Crippen molar-refractivity contribution in [2.24, 2.45) is 11.8 Å². The summed E-state index contributed by atoms with van der Waals surface area (Å²) in [6, 6.07) is 6.16. The van der Waals surface area contributed by atoms with E-state index in [1.54, 1.807) is 17.0 Å².